The first-order chi connectivity index (χ1) is 9.60. The fraction of sp³-hybridized carbons (Fsp3) is 0.571. The molecule has 1 aliphatic carbocycles. The third-order valence-corrected chi connectivity index (χ3v) is 3.19. The predicted molar refractivity (Wildman–Crippen MR) is 77.3 cm³/mol. The molecule has 0 bridgehead atoms. The van der Waals surface area contributed by atoms with E-state index in [1.807, 2.05) is 11.5 Å². The maximum atomic E-state index is 12.1. The smallest absolute Gasteiger partial charge is 0.267 e. The maximum absolute atomic E-state index is 12.1. The minimum Gasteiger partial charge on any atom is -0.397 e. The van der Waals surface area contributed by atoms with Gasteiger partial charge in [0, 0.05) is 31.7 Å². The summed E-state index contributed by atoms with van der Waals surface area (Å²) >= 11 is 0. The van der Waals surface area contributed by atoms with Crippen LogP contribution in [0.3, 0.4) is 0 Å². The molecule has 6 nitrogen and oxygen atoms in total. The number of carbonyl (C=O) groups excluding carboxylic acids is 2. The summed E-state index contributed by atoms with van der Waals surface area (Å²) in [5, 5.41) is 5.65. The lowest BCUT2D eigenvalue weighted by Crippen LogP contribution is -2.32. The second kappa shape index (κ2) is 6.45. The van der Waals surface area contributed by atoms with Gasteiger partial charge in [0.25, 0.3) is 5.91 Å². The molecule has 0 aromatic carbocycles. The van der Waals surface area contributed by atoms with E-state index in [2.05, 4.69) is 10.6 Å². The van der Waals surface area contributed by atoms with Gasteiger partial charge in [0.2, 0.25) is 5.91 Å². The van der Waals surface area contributed by atoms with Crippen LogP contribution in [0.4, 0.5) is 5.69 Å². The van der Waals surface area contributed by atoms with Gasteiger partial charge in [0.1, 0.15) is 5.69 Å². The maximum Gasteiger partial charge on any atom is 0.267 e. The molecule has 6 heteroatoms. The summed E-state index contributed by atoms with van der Waals surface area (Å²) in [5.74, 6) is -0.189. The van der Waals surface area contributed by atoms with E-state index in [-0.39, 0.29) is 11.8 Å². The van der Waals surface area contributed by atoms with E-state index in [9.17, 15) is 9.59 Å². The Balaban J connectivity index is 1.80. The van der Waals surface area contributed by atoms with Crippen LogP contribution >= 0.6 is 0 Å². The van der Waals surface area contributed by atoms with Crippen molar-refractivity contribution in [3.8, 4) is 0 Å². The first kappa shape index (κ1) is 14.4. The molecule has 20 heavy (non-hydrogen) atoms. The topological polar surface area (TPSA) is 89.2 Å². The average molecular weight is 278 g/mol. The molecule has 0 unspecified atom stereocenters. The van der Waals surface area contributed by atoms with E-state index in [0.29, 0.717) is 30.4 Å². The monoisotopic (exact) mass is 278 g/mol. The van der Waals surface area contributed by atoms with Gasteiger partial charge >= 0.3 is 0 Å². The number of aryl methyl sites for hydroxylation is 1. The van der Waals surface area contributed by atoms with Crippen molar-refractivity contribution in [3.63, 3.8) is 0 Å². The van der Waals surface area contributed by atoms with E-state index in [4.69, 9.17) is 5.73 Å². The molecule has 1 heterocycles. The number of nitrogens with one attached hydrogen (secondary N) is 2. The molecule has 4 N–H and O–H groups in total. The van der Waals surface area contributed by atoms with Crippen LogP contribution in [0.2, 0.25) is 0 Å². The fourth-order valence-corrected chi connectivity index (χ4v) is 2.06. The Morgan fingerprint density at radius 1 is 1.45 bits per heavy atom. The minimum atomic E-state index is -0.186. The van der Waals surface area contributed by atoms with Crippen LogP contribution in [0.1, 0.15) is 43.1 Å². The molecule has 0 saturated heterocycles. The molecule has 2 rings (SSSR count). The number of anilines is 1. The summed E-state index contributed by atoms with van der Waals surface area (Å²) in [4.78, 5) is 23.5. The zero-order valence-corrected chi connectivity index (χ0v) is 11.8. The van der Waals surface area contributed by atoms with Gasteiger partial charge in [-0.15, -0.1) is 0 Å². The number of hydrogen-bond donors (Lipinski definition) is 3. The number of nitrogens with two attached hydrogens (primary N) is 1. The molecule has 2 amide bonds. The standard InChI is InChI=1S/C14H22N4O2/c1-2-7-18-9-10(15)8-12(18)14(20)16-6-5-13(19)17-11-3-4-11/h8-9,11H,2-7,15H2,1H3,(H,16,20)(H,17,19). The normalized spacial score (nSPS) is 14.1. The van der Waals surface area contributed by atoms with Gasteiger partial charge in [-0.25, -0.2) is 0 Å². The Bertz CT molecular complexity index is 491. The summed E-state index contributed by atoms with van der Waals surface area (Å²) in [5.41, 5.74) is 6.85. The van der Waals surface area contributed by atoms with Crippen LogP contribution in [0.5, 0.6) is 0 Å². The molecule has 0 atom stereocenters. The van der Waals surface area contributed by atoms with Crippen molar-refractivity contribution < 1.29 is 9.59 Å². The molecule has 1 aromatic heterocycles. The minimum absolute atomic E-state index is 0.00347. The van der Waals surface area contributed by atoms with Gasteiger partial charge in [0.15, 0.2) is 0 Å². The molecule has 1 saturated carbocycles. The van der Waals surface area contributed by atoms with E-state index >= 15 is 0 Å². The largest absolute Gasteiger partial charge is 0.397 e. The van der Waals surface area contributed by atoms with Crippen LogP contribution in [-0.2, 0) is 11.3 Å². The first-order valence-corrected chi connectivity index (χ1v) is 7.13. The Morgan fingerprint density at radius 3 is 2.85 bits per heavy atom. The van der Waals surface area contributed by atoms with Crippen molar-refractivity contribution >= 4 is 17.5 Å². The fourth-order valence-electron chi connectivity index (χ4n) is 2.06. The van der Waals surface area contributed by atoms with E-state index in [1.54, 1.807) is 12.3 Å². The van der Waals surface area contributed by atoms with Gasteiger partial charge < -0.3 is 20.9 Å². The van der Waals surface area contributed by atoms with Crippen molar-refractivity contribution in [3.05, 3.63) is 18.0 Å². The molecule has 0 spiro atoms. The number of carbonyl (C=O) groups is 2. The summed E-state index contributed by atoms with van der Waals surface area (Å²) in [6.45, 7) is 3.14. The third kappa shape index (κ3) is 4.01. The third-order valence-electron chi connectivity index (χ3n) is 3.19. The van der Waals surface area contributed by atoms with Gasteiger partial charge in [-0.3, -0.25) is 9.59 Å². The van der Waals surface area contributed by atoms with E-state index in [0.717, 1.165) is 25.8 Å². The summed E-state index contributed by atoms with van der Waals surface area (Å²) in [6, 6.07) is 2.02. The van der Waals surface area contributed by atoms with Crippen molar-refractivity contribution in [1.82, 2.24) is 15.2 Å². The SMILES string of the molecule is CCCn1cc(N)cc1C(=O)NCCC(=O)NC1CC1. The van der Waals surface area contributed by atoms with Crippen molar-refractivity contribution in [2.75, 3.05) is 12.3 Å². The average Bonchev–Trinajstić information content (AvgIpc) is 3.12. The highest BCUT2D eigenvalue weighted by Gasteiger charge is 2.23. The molecule has 0 radical (unpaired) electrons. The molecule has 0 aliphatic heterocycles. The zero-order valence-electron chi connectivity index (χ0n) is 11.8. The number of amides is 2. The Morgan fingerprint density at radius 2 is 2.20 bits per heavy atom. The highest BCUT2D eigenvalue weighted by atomic mass is 16.2. The number of hydrogen-bond acceptors (Lipinski definition) is 3. The second-order valence-electron chi connectivity index (χ2n) is 5.20. The van der Waals surface area contributed by atoms with Gasteiger partial charge in [-0.1, -0.05) is 6.92 Å². The number of aromatic nitrogens is 1. The van der Waals surface area contributed by atoms with Gasteiger partial charge in [-0.05, 0) is 25.3 Å². The van der Waals surface area contributed by atoms with Gasteiger partial charge in [0.05, 0.1) is 5.69 Å². The first-order valence-electron chi connectivity index (χ1n) is 7.13. The Kier molecular flexibility index (Phi) is 4.65. The molecule has 1 aromatic rings. The van der Waals surface area contributed by atoms with Crippen LogP contribution in [0.15, 0.2) is 12.3 Å². The lowest BCUT2D eigenvalue weighted by molar-refractivity contribution is -0.121. The lowest BCUT2D eigenvalue weighted by Gasteiger charge is -2.08. The molecular formula is C14H22N4O2. The zero-order chi connectivity index (χ0) is 14.5. The van der Waals surface area contributed by atoms with E-state index < -0.39 is 0 Å². The predicted octanol–water partition coefficient (Wildman–Crippen LogP) is 0.879. The highest BCUT2D eigenvalue weighted by Crippen LogP contribution is 2.18. The van der Waals surface area contributed by atoms with Crippen LogP contribution in [0, 0.1) is 0 Å². The molecular weight excluding hydrogens is 256 g/mol. The Hall–Kier alpha value is -1.98. The number of nitrogens with zero attached hydrogens (tertiary/aromatic N) is 1. The van der Waals surface area contributed by atoms with Crippen molar-refractivity contribution in [2.45, 2.75) is 45.2 Å². The quantitative estimate of drug-likeness (QED) is 0.691. The summed E-state index contributed by atoms with van der Waals surface area (Å²) < 4.78 is 1.84. The van der Waals surface area contributed by atoms with E-state index in [1.165, 1.54) is 0 Å². The summed E-state index contributed by atoms with van der Waals surface area (Å²) in [6.07, 6.45) is 5.15. The molecule has 110 valence electrons. The number of nitrogen functional groups attached to an aromatic ring is 1. The number of rotatable bonds is 7. The van der Waals surface area contributed by atoms with Crippen LogP contribution < -0.4 is 16.4 Å². The van der Waals surface area contributed by atoms with Crippen molar-refractivity contribution in [1.29, 1.82) is 0 Å². The highest BCUT2D eigenvalue weighted by molar-refractivity contribution is 5.94. The van der Waals surface area contributed by atoms with Crippen LogP contribution in [0.25, 0.3) is 0 Å². The van der Waals surface area contributed by atoms with Crippen molar-refractivity contribution in [2.24, 2.45) is 0 Å². The Labute approximate surface area is 118 Å². The van der Waals surface area contributed by atoms with Gasteiger partial charge in [-0.2, -0.15) is 0 Å². The lowest BCUT2D eigenvalue weighted by atomic mass is 10.3. The summed E-state index contributed by atoms with van der Waals surface area (Å²) in [7, 11) is 0. The molecule has 1 fully saturated rings. The second-order valence-corrected chi connectivity index (χ2v) is 5.20. The van der Waals surface area contributed by atoms with Crippen LogP contribution in [-0.4, -0.2) is 29.0 Å². The molecule has 1 aliphatic rings.